The number of aromatic nitrogens is 2. The summed E-state index contributed by atoms with van der Waals surface area (Å²) in [7, 11) is 2.20. The Morgan fingerprint density at radius 2 is 1.89 bits per heavy atom. The van der Waals surface area contributed by atoms with E-state index in [-0.39, 0.29) is 42.1 Å². The number of rotatable bonds is 11. The first-order valence-electron chi connectivity index (χ1n) is 13.3. The second-order valence-corrected chi connectivity index (χ2v) is 10.8. The minimum absolute atomic E-state index is 0. The van der Waals surface area contributed by atoms with Crippen molar-refractivity contribution in [2.24, 2.45) is 5.92 Å². The van der Waals surface area contributed by atoms with Crippen LogP contribution < -0.4 is 28.7 Å². The summed E-state index contributed by atoms with van der Waals surface area (Å²) in [5.74, 6) is 0.624. The maximum atomic E-state index is 13.2. The standard InChI is InChI=1S/C28H40N3O3S.HI/c1-3-4-5-12-20-33-26-25(29-35-30-26)24-18-13-19-31(2,21-24)27(22-14-8-6-9-15-22)34-28(32)23-16-10-7-11-17-23;/h6,8-9,14-15,18,23,27H,3-5,7,10-13,16-17,19-21H2,1-2H3;1H/q+1;/p-1. The van der Waals surface area contributed by atoms with Crippen molar-refractivity contribution in [1.82, 2.24) is 8.75 Å². The summed E-state index contributed by atoms with van der Waals surface area (Å²) < 4.78 is 22.0. The number of esters is 1. The van der Waals surface area contributed by atoms with Gasteiger partial charge in [-0.25, -0.2) is 0 Å². The first-order chi connectivity index (χ1) is 17.1. The third-order valence-corrected chi connectivity index (χ3v) is 7.89. The van der Waals surface area contributed by atoms with Crippen molar-refractivity contribution in [2.45, 2.75) is 77.4 Å². The minimum Gasteiger partial charge on any atom is -1.00 e. The smallest absolute Gasteiger partial charge is 0.313 e. The van der Waals surface area contributed by atoms with Crippen LogP contribution in [0.1, 0.15) is 88.6 Å². The largest absolute Gasteiger partial charge is 1.00 e. The van der Waals surface area contributed by atoms with E-state index in [2.05, 4.69) is 40.9 Å². The van der Waals surface area contributed by atoms with Crippen molar-refractivity contribution in [2.75, 3.05) is 26.7 Å². The SMILES string of the molecule is CCCCCCOc1nsnc1C1=CCC[N+](C)(C(OC(=O)C2CCCCC2)c2ccccc2)C1.[I-]. The molecule has 0 saturated heterocycles. The number of likely N-dealkylation sites (N-methyl/N-ethyl adjacent to an activating group) is 1. The van der Waals surface area contributed by atoms with Gasteiger partial charge in [0, 0.05) is 12.0 Å². The molecule has 0 N–H and O–H groups in total. The molecule has 1 aromatic carbocycles. The van der Waals surface area contributed by atoms with Gasteiger partial charge in [-0.05, 0) is 31.4 Å². The highest BCUT2D eigenvalue weighted by atomic mass is 127. The lowest BCUT2D eigenvalue weighted by Gasteiger charge is -2.43. The first-order valence-corrected chi connectivity index (χ1v) is 14.1. The lowest BCUT2D eigenvalue weighted by molar-refractivity contribution is -0.953. The molecule has 0 spiro atoms. The molecule has 1 fully saturated rings. The van der Waals surface area contributed by atoms with Crippen LogP contribution in [-0.4, -0.2) is 45.9 Å². The van der Waals surface area contributed by atoms with Crippen LogP contribution >= 0.6 is 11.7 Å². The molecule has 1 aromatic heterocycles. The van der Waals surface area contributed by atoms with Gasteiger partial charge in [0.1, 0.15) is 12.2 Å². The average Bonchev–Trinajstić information content (AvgIpc) is 3.36. The average molecular weight is 626 g/mol. The van der Waals surface area contributed by atoms with Crippen molar-refractivity contribution in [1.29, 1.82) is 0 Å². The number of benzene rings is 1. The molecule has 36 heavy (non-hydrogen) atoms. The molecule has 2 aromatic rings. The van der Waals surface area contributed by atoms with E-state index in [0.29, 0.717) is 17.0 Å². The third kappa shape index (κ3) is 7.51. The van der Waals surface area contributed by atoms with E-state index >= 15 is 0 Å². The summed E-state index contributed by atoms with van der Waals surface area (Å²) in [6.07, 6.45) is 12.8. The second-order valence-electron chi connectivity index (χ2n) is 10.2. The molecule has 0 bridgehead atoms. The highest BCUT2D eigenvalue weighted by molar-refractivity contribution is 6.99. The molecule has 4 rings (SSSR count). The molecule has 198 valence electrons. The molecule has 2 aliphatic rings. The Morgan fingerprint density at radius 3 is 2.64 bits per heavy atom. The highest BCUT2D eigenvalue weighted by Crippen LogP contribution is 2.38. The van der Waals surface area contributed by atoms with E-state index in [1.807, 2.05) is 18.2 Å². The van der Waals surface area contributed by atoms with E-state index in [0.717, 1.165) is 68.4 Å². The molecular formula is C28H40IN3O3S. The Morgan fingerprint density at radius 1 is 1.11 bits per heavy atom. The Kier molecular flexibility index (Phi) is 11.6. The zero-order valence-electron chi connectivity index (χ0n) is 21.7. The number of unbranched alkanes of at least 4 members (excludes halogenated alkanes) is 3. The molecule has 0 amide bonds. The maximum Gasteiger partial charge on any atom is 0.313 e. The molecule has 0 radical (unpaired) electrons. The quantitative estimate of drug-likeness (QED) is 0.166. The van der Waals surface area contributed by atoms with Crippen molar-refractivity contribution < 1.29 is 42.7 Å². The van der Waals surface area contributed by atoms with E-state index in [4.69, 9.17) is 9.47 Å². The van der Waals surface area contributed by atoms with E-state index in [1.54, 1.807) is 0 Å². The van der Waals surface area contributed by atoms with Crippen molar-refractivity contribution in [3.63, 3.8) is 0 Å². The van der Waals surface area contributed by atoms with Crippen LogP contribution in [0.4, 0.5) is 0 Å². The summed E-state index contributed by atoms with van der Waals surface area (Å²) in [5.41, 5.74) is 3.02. The number of carbonyl (C=O) groups is 1. The predicted molar refractivity (Wildman–Crippen MR) is 140 cm³/mol. The van der Waals surface area contributed by atoms with Gasteiger partial charge in [0.25, 0.3) is 12.1 Å². The Labute approximate surface area is 237 Å². The lowest BCUT2D eigenvalue weighted by Crippen LogP contribution is -3.00. The molecule has 1 aliphatic carbocycles. The van der Waals surface area contributed by atoms with Crippen LogP contribution in [0.2, 0.25) is 0 Å². The fraction of sp³-hybridized carbons (Fsp3) is 0.607. The summed E-state index contributed by atoms with van der Waals surface area (Å²) in [5, 5.41) is 0. The number of hydrogen-bond acceptors (Lipinski definition) is 6. The van der Waals surface area contributed by atoms with Crippen molar-refractivity contribution >= 4 is 23.3 Å². The molecule has 8 heteroatoms. The van der Waals surface area contributed by atoms with Crippen LogP contribution in [0.15, 0.2) is 36.4 Å². The number of nitrogens with zero attached hydrogens (tertiary/aromatic N) is 3. The highest BCUT2D eigenvalue weighted by Gasteiger charge is 2.41. The normalized spacial score (nSPS) is 21.2. The van der Waals surface area contributed by atoms with Gasteiger partial charge in [-0.1, -0.05) is 69.7 Å². The second kappa shape index (κ2) is 14.4. The zero-order chi connectivity index (χ0) is 24.5. The summed E-state index contributed by atoms with van der Waals surface area (Å²) in [6, 6.07) is 10.2. The predicted octanol–water partition coefficient (Wildman–Crippen LogP) is 3.56. The van der Waals surface area contributed by atoms with E-state index in [9.17, 15) is 4.79 Å². The monoisotopic (exact) mass is 625 g/mol. The number of halogens is 1. The van der Waals surface area contributed by atoms with Crippen LogP contribution in [-0.2, 0) is 9.53 Å². The summed E-state index contributed by atoms with van der Waals surface area (Å²) >= 11 is 1.20. The Bertz CT molecular complexity index is 977. The zero-order valence-corrected chi connectivity index (χ0v) is 24.6. The Balaban J connectivity index is 0.00000361. The lowest BCUT2D eigenvalue weighted by atomic mass is 9.89. The van der Waals surface area contributed by atoms with Crippen LogP contribution in [0.3, 0.4) is 0 Å². The van der Waals surface area contributed by atoms with Gasteiger partial charge in [-0.3, -0.25) is 9.28 Å². The molecule has 2 unspecified atom stereocenters. The topological polar surface area (TPSA) is 61.3 Å². The summed E-state index contributed by atoms with van der Waals surface area (Å²) in [6.45, 7) is 4.49. The fourth-order valence-corrected chi connectivity index (χ4v) is 5.86. The third-order valence-electron chi connectivity index (χ3n) is 7.38. The van der Waals surface area contributed by atoms with Gasteiger partial charge < -0.3 is 33.5 Å². The molecular weight excluding hydrogens is 585 g/mol. The number of ether oxygens (including phenoxy) is 2. The number of carbonyl (C=O) groups excluding carboxylic acids is 1. The van der Waals surface area contributed by atoms with Crippen LogP contribution in [0.5, 0.6) is 5.88 Å². The fourth-order valence-electron chi connectivity index (χ4n) is 5.32. The van der Waals surface area contributed by atoms with Gasteiger partial charge >= 0.3 is 5.97 Å². The van der Waals surface area contributed by atoms with Gasteiger partial charge in [0.2, 0.25) is 0 Å². The van der Waals surface area contributed by atoms with Gasteiger partial charge in [0.05, 0.1) is 43.4 Å². The maximum absolute atomic E-state index is 13.2. The van der Waals surface area contributed by atoms with E-state index < -0.39 is 0 Å². The van der Waals surface area contributed by atoms with Crippen LogP contribution in [0.25, 0.3) is 5.57 Å². The number of quaternary nitrogens is 1. The van der Waals surface area contributed by atoms with Crippen molar-refractivity contribution in [3.05, 3.63) is 47.7 Å². The Hall–Kier alpha value is -1.52. The first kappa shape index (κ1) is 29.0. The summed E-state index contributed by atoms with van der Waals surface area (Å²) in [4.78, 5) is 13.2. The van der Waals surface area contributed by atoms with Gasteiger partial charge in [0.15, 0.2) is 0 Å². The molecule has 2 atom stereocenters. The van der Waals surface area contributed by atoms with Gasteiger partial charge in [-0.2, -0.15) is 4.37 Å². The molecule has 6 nitrogen and oxygen atoms in total. The van der Waals surface area contributed by atoms with E-state index in [1.165, 1.54) is 37.4 Å². The van der Waals surface area contributed by atoms with Crippen LogP contribution in [0, 0.1) is 5.92 Å². The molecule has 2 heterocycles. The molecule has 1 aliphatic heterocycles. The minimum atomic E-state index is -0.348. The van der Waals surface area contributed by atoms with Crippen molar-refractivity contribution in [3.8, 4) is 5.88 Å². The number of hydrogen-bond donors (Lipinski definition) is 0. The van der Waals surface area contributed by atoms with Gasteiger partial charge in [-0.15, -0.1) is 4.37 Å². The molecule has 1 saturated carbocycles.